The van der Waals surface area contributed by atoms with Gasteiger partial charge in [-0.1, -0.05) is 25.3 Å². The maximum absolute atomic E-state index is 14.8. The zero-order chi connectivity index (χ0) is 45.8. The lowest BCUT2D eigenvalue weighted by molar-refractivity contribution is -0.135. The number of carbonyl (C=O) groups excluding carboxylic acids is 3. The number of ether oxygens (including phenoxy) is 1. The van der Waals surface area contributed by atoms with Crippen LogP contribution in [0.1, 0.15) is 98.8 Å². The number of hydrogen-bond donors (Lipinski definition) is 2. The average Bonchev–Trinajstić information content (AvgIpc) is 3.97. The lowest BCUT2D eigenvalue weighted by atomic mass is 9.75. The largest absolute Gasteiger partial charge is 0.381 e. The first-order valence-electron chi connectivity index (χ1n) is 22.3. The lowest BCUT2D eigenvalue weighted by Gasteiger charge is -2.52. The number of para-hydroxylation sites is 1. The third kappa shape index (κ3) is 8.47. The number of hydrogen-bond acceptors (Lipinski definition) is 11. The predicted octanol–water partition coefficient (Wildman–Crippen LogP) is 5.33. The number of imide groups is 1. The topological polar surface area (TPSA) is 169 Å². The first-order chi connectivity index (χ1) is 31.1. The van der Waals surface area contributed by atoms with Crippen molar-refractivity contribution in [3.63, 3.8) is 0 Å². The molecular weight excluding hydrogens is 853 g/mol. The molecule has 1 aromatic carbocycles. The zero-order valence-corrected chi connectivity index (χ0v) is 36.7. The van der Waals surface area contributed by atoms with Crippen LogP contribution in [0.15, 0.2) is 47.7 Å². The molecule has 2 unspecified atom stereocenters. The Bertz CT molecular complexity index is 2650. The van der Waals surface area contributed by atoms with Gasteiger partial charge in [-0.15, -0.1) is 0 Å². The summed E-state index contributed by atoms with van der Waals surface area (Å²) in [5, 5.41) is 13.3. The second-order valence-corrected chi connectivity index (χ2v) is 18.4. The minimum absolute atomic E-state index is 0.0352. The molecule has 4 saturated heterocycles. The summed E-state index contributed by atoms with van der Waals surface area (Å²) in [7, 11) is 4.87. The van der Waals surface area contributed by atoms with Gasteiger partial charge in [-0.05, 0) is 70.8 Å². The van der Waals surface area contributed by atoms with E-state index in [4.69, 9.17) is 4.74 Å². The molecule has 65 heavy (non-hydrogen) atoms. The first kappa shape index (κ1) is 44.4. The highest BCUT2D eigenvalue weighted by molar-refractivity contribution is 6.08. The monoisotopic (exact) mass is 906 g/mol. The number of aromatic nitrogens is 7. The summed E-state index contributed by atoms with van der Waals surface area (Å²) in [4.78, 5) is 60.0. The molecule has 3 amide bonds. The Hall–Kier alpha value is -5.83. The van der Waals surface area contributed by atoms with Crippen LogP contribution in [0.4, 0.5) is 34.8 Å². The summed E-state index contributed by atoms with van der Waals surface area (Å²) in [6, 6.07) is 5.44. The van der Waals surface area contributed by atoms with Gasteiger partial charge in [0.15, 0.2) is 11.3 Å². The Morgan fingerprint density at radius 2 is 1.78 bits per heavy atom. The molecule has 1 aliphatic carbocycles. The molecule has 4 aromatic heterocycles. The summed E-state index contributed by atoms with van der Waals surface area (Å²) < 4.78 is 68.5. The Kier molecular flexibility index (Phi) is 12.0. The third-order valence-corrected chi connectivity index (χ3v) is 13.7. The number of halogens is 4. The van der Waals surface area contributed by atoms with Crippen molar-refractivity contribution >= 4 is 51.6 Å². The van der Waals surface area contributed by atoms with Gasteiger partial charge in [0, 0.05) is 57.5 Å². The number of nitrogens with zero attached hydrogens (tertiary/aromatic N) is 10. The van der Waals surface area contributed by atoms with E-state index in [0.29, 0.717) is 28.9 Å². The van der Waals surface area contributed by atoms with Crippen LogP contribution in [-0.4, -0.2) is 122 Å². The van der Waals surface area contributed by atoms with E-state index in [1.165, 1.54) is 26.0 Å². The number of benzene rings is 1. The van der Waals surface area contributed by atoms with E-state index in [1.54, 1.807) is 60.0 Å². The molecule has 0 radical (unpaired) electrons. The van der Waals surface area contributed by atoms with E-state index < -0.39 is 54.2 Å². The van der Waals surface area contributed by atoms with E-state index in [9.17, 15) is 36.7 Å². The van der Waals surface area contributed by atoms with Crippen molar-refractivity contribution in [1.82, 2.24) is 43.7 Å². The van der Waals surface area contributed by atoms with E-state index in [1.807, 2.05) is 6.07 Å². The minimum Gasteiger partial charge on any atom is -0.381 e. The number of alkyl halides is 4. The molecule has 5 aromatic rings. The summed E-state index contributed by atoms with van der Waals surface area (Å²) in [6.07, 6.45) is 9.88. The van der Waals surface area contributed by atoms with Crippen LogP contribution in [0.25, 0.3) is 16.7 Å². The van der Waals surface area contributed by atoms with Gasteiger partial charge in [0.25, 0.3) is 18.3 Å². The van der Waals surface area contributed by atoms with Crippen molar-refractivity contribution < 1.29 is 36.7 Å². The second-order valence-electron chi connectivity index (χ2n) is 18.4. The van der Waals surface area contributed by atoms with Crippen molar-refractivity contribution in [2.24, 2.45) is 12.5 Å². The number of nitrogens with one attached hydrogen (secondary N) is 2. The third-order valence-electron chi connectivity index (χ3n) is 13.7. The van der Waals surface area contributed by atoms with Crippen LogP contribution >= 0.6 is 0 Å². The number of fused-ring (bicyclic) bond motifs is 2. The zero-order valence-electron chi connectivity index (χ0n) is 36.7. The molecule has 348 valence electrons. The highest BCUT2D eigenvalue weighted by Crippen LogP contribution is 2.41. The summed E-state index contributed by atoms with van der Waals surface area (Å²) in [5.41, 5.74) is 1.56. The molecule has 1 saturated carbocycles. The fourth-order valence-corrected chi connectivity index (χ4v) is 10.3. The fourth-order valence-electron chi connectivity index (χ4n) is 10.3. The lowest BCUT2D eigenvalue weighted by Crippen LogP contribution is -2.60. The van der Waals surface area contributed by atoms with Crippen molar-refractivity contribution in [3.8, 4) is 0 Å². The highest BCUT2D eigenvalue weighted by atomic mass is 19.3. The predicted molar refractivity (Wildman–Crippen MR) is 233 cm³/mol. The van der Waals surface area contributed by atoms with Gasteiger partial charge in [0.05, 0.1) is 53.8 Å². The van der Waals surface area contributed by atoms with Crippen LogP contribution in [0.5, 0.6) is 0 Å². The molecule has 17 nitrogen and oxygen atoms in total. The maximum atomic E-state index is 14.8. The first-order valence-corrected chi connectivity index (χ1v) is 22.3. The van der Waals surface area contributed by atoms with Crippen LogP contribution in [0.3, 0.4) is 0 Å². The molecule has 1 spiro atoms. The fraction of sp³-hybridized carbons (Fsp3) is 0.568. The van der Waals surface area contributed by atoms with Gasteiger partial charge in [-0.3, -0.25) is 33.5 Å². The van der Waals surface area contributed by atoms with Crippen molar-refractivity contribution in [3.05, 3.63) is 64.6 Å². The molecule has 8 heterocycles. The van der Waals surface area contributed by atoms with E-state index in [2.05, 4.69) is 30.7 Å². The molecule has 21 heteroatoms. The number of piperidine rings is 2. The molecule has 5 aliphatic rings. The van der Waals surface area contributed by atoms with Gasteiger partial charge in [-0.25, -0.2) is 31.9 Å². The van der Waals surface area contributed by atoms with Crippen molar-refractivity contribution in [2.75, 3.05) is 68.6 Å². The quantitative estimate of drug-likeness (QED) is 0.153. The Morgan fingerprint density at radius 1 is 1.00 bits per heavy atom. The molecular formula is C44H54F4N12O5. The number of aryl methyl sites for hydroxylation is 1. The van der Waals surface area contributed by atoms with Crippen molar-refractivity contribution in [1.29, 1.82) is 0 Å². The Balaban J connectivity index is 0.000000166. The normalized spacial score (nSPS) is 22.4. The van der Waals surface area contributed by atoms with Crippen molar-refractivity contribution in [2.45, 2.75) is 94.7 Å². The van der Waals surface area contributed by atoms with E-state index in [-0.39, 0.29) is 47.9 Å². The van der Waals surface area contributed by atoms with Gasteiger partial charge >= 0.3 is 5.69 Å². The minimum atomic E-state index is -2.91. The van der Waals surface area contributed by atoms with Gasteiger partial charge in [0.1, 0.15) is 17.4 Å². The Morgan fingerprint density at radius 3 is 2.48 bits per heavy atom. The van der Waals surface area contributed by atoms with Gasteiger partial charge in [-0.2, -0.15) is 10.2 Å². The van der Waals surface area contributed by atoms with Crippen LogP contribution < -0.4 is 26.1 Å². The number of amides is 3. The van der Waals surface area contributed by atoms with E-state index >= 15 is 0 Å². The summed E-state index contributed by atoms with van der Waals surface area (Å²) in [6.45, 7) is 3.30. The standard InChI is InChI=1S/C24H29F2N7O2.C20H25F2N5O3/c25-21(26)20-18(12-33(30-20)16-5-2-1-3-6-16)28-23(34)17-11-27-32-9-7-19(29-22(17)32)31-13-24(14-31)8-4-10-35-15-24;1-24(2)15-9-10-26(11-20(15,21)22)12-5-4-6-13-17(12)25(3)19(30)27(13)14-7-8-16(28)23-18(14)29/h7,9,11-12,16,21H,1-6,8,10,13-15H2,(H,28,34);4-6,14-15H,7-11H2,1-3H3,(H,23,28,29). The molecule has 0 bridgehead atoms. The molecule has 5 fully saturated rings. The van der Waals surface area contributed by atoms with Gasteiger partial charge in [0.2, 0.25) is 11.8 Å². The number of carbonyl (C=O) groups is 3. The molecule has 4 aliphatic heterocycles. The van der Waals surface area contributed by atoms with Crippen LogP contribution in [0.2, 0.25) is 0 Å². The number of anilines is 3. The van der Waals surface area contributed by atoms with Crippen LogP contribution in [0, 0.1) is 5.41 Å². The van der Waals surface area contributed by atoms with E-state index in [0.717, 1.165) is 77.1 Å². The average molecular weight is 907 g/mol. The number of rotatable bonds is 8. The molecule has 2 N–H and O–H groups in total. The smallest absolute Gasteiger partial charge is 0.329 e. The van der Waals surface area contributed by atoms with Crippen LogP contribution in [-0.2, 0) is 21.4 Å². The number of imidazole rings is 1. The molecule has 10 rings (SSSR count). The Labute approximate surface area is 371 Å². The van der Waals surface area contributed by atoms with Gasteiger partial charge < -0.3 is 24.8 Å². The maximum Gasteiger partial charge on any atom is 0.329 e. The highest BCUT2D eigenvalue weighted by Gasteiger charge is 2.47. The second kappa shape index (κ2) is 17.5. The summed E-state index contributed by atoms with van der Waals surface area (Å²) >= 11 is 0. The molecule has 2 atom stereocenters. The summed E-state index contributed by atoms with van der Waals surface area (Å²) in [5.74, 6) is -3.56. The SMILES string of the molecule is CN(C)C1CCN(c2cccc3c2n(C)c(=O)n3C2CCC(=O)NC2=O)CC1(F)F.O=C(Nc1cn(C2CCCCC2)nc1C(F)F)c1cnn2ccc(N3CC4(CCCOC4)C3)nc12.